The molecule has 1 N–H and O–H groups in total. The Hall–Kier alpha value is -2.41. The lowest BCUT2D eigenvalue weighted by molar-refractivity contribution is 0.0955. The van der Waals surface area contributed by atoms with Crippen molar-refractivity contribution in [3.05, 3.63) is 75.4 Å². The Bertz CT molecular complexity index is 922. The van der Waals surface area contributed by atoms with E-state index in [1.807, 2.05) is 54.6 Å². The Kier molecular flexibility index (Phi) is 5.10. The van der Waals surface area contributed by atoms with E-state index in [9.17, 15) is 4.79 Å². The zero-order valence-corrected chi connectivity index (χ0v) is 15.2. The first kappa shape index (κ1) is 16.4. The molecule has 0 radical (unpaired) electrons. The van der Waals surface area contributed by atoms with E-state index >= 15 is 0 Å². The van der Waals surface area contributed by atoms with Crippen molar-refractivity contribution in [3.63, 3.8) is 0 Å². The van der Waals surface area contributed by atoms with Crippen LogP contribution in [0.25, 0.3) is 10.8 Å². The summed E-state index contributed by atoms with van der Waals surface area (Å²) in [4.78, 5) is 12.1. The molecule has 0 aromatic heterocycles. The highest BCUT2D eigenvalue weighted by Gasteiger charge is 2.07. The van der Waals surface area contributed by atoms with E-state index in [2.05, 4.69) is 33.1 Å². The summed E-state index contributed by atoms with van der Waals surface area (Å²) in [6.45, 7) is 0. The van der Waals surface area contributed by atoms with Crippen LogP contribution in [0.4, 0.5) is 0 Å². The van der Waals surface area contributed by atoms with Gasteiger partial charge in [-0.25, -0.2) is 5.43 Å². The molecule has 3 aromatic rings. The maximum absolute atomic E-state index is 12.1. The number of amides is 1. The third-order valence-electron chi connectivity index (χ3n) is 3.60. The zero-order chi connectivity index (χ0) is 16.9. The molecule has 5 heteroatoms. The first-order valence-electron chi connectivity index (χ1n) is 7.34. The maximum Gasteiger partial charge on any atom is 0.271 e. The molecular formula is C19H15IN2O2. The van der Waals surface area contributed by atoms with Crippen molar-refractivity contribution in [2.45, 2.75) is 0 Å². The minimum absolute atomic E-state index is 0.246. The Balaban J connectivity index is 1.86. The van der Waals surface area contributed by atoms with E-state index in [1.165, 1.54) is 0 Å². The molecule has 0 aliphatic rings. The summed E-state index contributed by atoms with van der Waals surface area (Å²) >= 11 is 2.17. The maximum atomic E-state index is 12.1. The molecule has 0 aliphatic carbocycles. The van der Waals surface area contributed by atoms with Gasteiger partial charge in [0.2, 0.25) is 0 Å². The Labute approximate surface area is 153 Å². The molecule has 1 amide bonds. The average Bonchev–Trinajstić information content (AvgIpc) is 2.61. The Morgan fingerprint density at radius 1 is 1.12 bits per heavy atom. The second kappa shape index (κ2) is 7.44. The van der Waals surface area contributed by atoms with Gasteiger partial charge in [-0.1, -0.05) is 36.4 Å². The molecule has 0 spiro atoms. The predicted molar refractivity (Wildman–Crippen MR) is 105 cm³/mol. The van der Waals surface area contributed by atoms with Crippen LogP contribution >= 0.6 is 22.6 Å². The van der Waals surface area contributed by atoms with Gasteiger partial charge in [-0.15, -0.1) is 0 Å². The van der Waals surface area contributed by atoms with Crippen LogP contribution in [-0.4, -0.2) is 19.2 Å². The lowest BCUT2D eigenvalue weighted by Gasteiger charge is -2.08. The van der Waals surface area contributed by atoms with Crippen LogP contribution in [0.3, 0.4) is 0 Å². The highest BCUT2D eigenvalue weighted by molar-refractivity contribution is 14.1. The number of carbonyl (C=O) groups is 1. The minimum atomic E-state index is -0.246. The highest BCUT2D eigenvalue weighted by Crippen LogP contribution is 2.26. The molecular weight excluding hydrogens is 415 g/mol. The molecule has 3 aromatic carbocycles. The minimum Gasteiger partial charge on any atom is -0.496 e. The van der Waals surface area contributed by atoms with Crippen molar-refractivity contribution < 1.29 is 9.53 Å². The van der Waals surface area contributed by atoms with Gasteiger partial charge in [-0.05, 0) is 57.6 Å². The van der Waals surface area contributed by atoms with Crippen LogP contribution in [0.15, 0.2) is 65.8 Å². The number of hydrazone groups is 1. The molecule has 3 rings (SSSR count). The van der Waals surface area contributed by atoms with Crippen molar-refractivity contribution in [1.29, 1.82) is 0 Å². The van der Waals surface area contributed by atoms with Crippen molar-refractivity contribution in [2.75, 3.05) is 7.11 Å². The van der Waals surface area contributed by atoms with Crippen LogP contribution in [0.2, 0.25) is 0 Å². The third kappa shape index (κ3) is 3.56. The standard InChI is InChI=1S/C19H15IN2O2/c1-24-18-10-9-13-5-2-3-8-16(13)17(18)12-21-22-19(23)14-6-4-7-15(20)11-14/h2-12H,1H3,(H,22,23)/b21-12-. The first-order chi connectivity index (χ1) is 11.7. The smallest absolute Gasteiger partial charge is 0.271 e. The summed E-state index contributed by atoms with van der Waals surface area (Å²) in [6, 6.07) is 19.2. The number of halogens is 1. The van der Waals surface area contributed by atoms with Crippen LogP contribution in [0.5, 0.6) is 5.75 Å². The number of hydrogen-bond donors (Lipinski definition) is 1. The molecule has 0 heterocycles. The number of nitrogens with one attached hydrogen (secondary N) is 1. The number of rotatable bonds is 4. The predicted octanol–water partition coefficient (Wildman–Crippen LogP) is 4.22. The lowest BCUT2D eigenvalue weighted by atomic mass is 10.0. The second-order valence-corrected chi connectivity index (χ2v) is 6.36. The second-order valence-electron chi connectivity index (χ2n) is 5.11. The number of fused-ring (bicyclic) bond motifs is 1. The van der Waals surface area contributed by atoms with E-state index in [1.54, 1.807) is 19.4 Å². The monoisotopic (exact) mass is 430 g/mol. The largest absolute Gasteiger partial charge is 0.496 e. The summed E-state index contributed by atoms with van der Waals surface area (Å²) < 4.78 is 6.41. The summed E-state index contributed by atoms with van der Waals surface area (Å²) in [5.41, 5.74) is 3.97. The molecule has 0 saturated carbocycles. The van der Waals surface area contributed by atoms with Gasteiger partial charge in [-0.3, -0.25) is 4.79 Å². The Morgan fingerprint density at radius 2 is 1.96 bits per heavy atom. The zero-order valence-electron chi connectivity index (χ0n) is 13.0. The van der Waals surface area contributed by atoms with Gasteiger partial charge in [0, 0.05) is 14.7 Å². The van der Waals surface area contributed by atoms with E-state index in [-0.39, 0.29) is 5.91 Å². The Morgan fingerprint density at radius 3 is 2.75 bits per heavy atom. The summed E-state index contributed by atoms with van der Waals surface area (Å²) in [5.74, 6) is 0.463. The van der Waals surface area contributed by atoms with Gasteiger partial charge in [0.05, 0.1) is 13.3 Å². The van der Waals surface area contributed by atoms with Crippen LogP contribution in [0.1, 0.15) is 15.9 Å². The molecule has 4 nitrogen and oxygen atoms in total. The van der Waals surface area contributed by atoms with Crippen LogP contribution in [0, 0.1) is 3.57 Å². The topological polar surface area (TPSA) is 50.7 Å². The highest BCUT2D eigenvalue weighted by atomic mass is 127. The summed E-state index contributed by atoms with van der Waals surface area (Å²) in [7, 11) is 1.62. The van der Waals surface area contributed by atoms with Gasteiger partial charge in [-0.2, -0.15) is 5.10 Å². The van der Waals surface area contributed by atoms with Crippen LogP contribution < -0.4 is 10.2 Å². The average molecular weight is 430 g/mol. The number of ether oxygens (including phenoxy) is 1. The van der Waals surface area contributed by atoms with Crippen LogP contribution in [-0.2, 0) is 0 Å². The van der Waals surface area contributed by atoms with Crippen molar-refractivity contribution in [1.82, 2.24) is 5.43 Å². The fourth-order valence-electron chi connectivity index (χ4n) is 2.44. The van der Waals surface area contributed by atoms with E-state index < -0.39 is 0 Å². The summed E-state index contributed by atoms with van der Waals surface area (Å²) in [5, 5.41) is 6.20. The van der Waals surface area contributed by atoms with E-state index in [0.717, 1.165) is 19.9 Å². The number of hydrogen-bond acceptors (Lipinski definition) is 3. The molecule has 0 bridgehead atoms. The van der Waals surface area contributed by atoms with E-state index in [0.29, 0.717) is 11.3 Å². The van der Waals surface area contributed by atoms with Gasteiger partial charge in [0.1, 0.15) is 5.75 Å². The number of methoxy groups -OCH3 is 1. The van der Waals surface area contributed by atoms with Crippen molar-refractivity contribution in [2.24, 2.45) is 5.10 Å². The quantitative estimate of drug-likeness (QED) is 0.383. The number of nitrogens with zero attached hydrogens (tertiary/aromatic N) is 1. The van der Waals surface area contributed by atoms with E-state index in [4.69, 9.17) is 4.74 Å². The first-order valence-corrected chi connectivity index (χ1v) is 8.41. The summed E-state index contributed by atoms with van der Waals surface area (Å²) in [6.07, 6.45) is 1.62. The SMILES string of the molecule is COc1ccc2ccccc2c1/C=N\NC(=O)c1cccc(I)c1. The van der Waals surface area contributed by atoms with Gasteiger partial charge in [0.25, 0.3) is 5.91 Å². The van der Waals surface area contributed by atoms with Crippen molar-refractivity contribution >= 4 is 45.5 Å². The number of carbonyl (C=O) groups excluding carboxylic acids is 1. The van der Waals surface area contributed by atoms with Gasteiger partial charge >= 0.3 is 0 Å². The molecule has 0 aliphatic heterocycles. The molecule has 24 heavy (non-hydrogen) atoms. The molecule has 0 saturated heterocycles. The normalized spacial score (nSPS) is 10.9. The lowest BCUT2D eigenvalue weighted by Crippen LogP contribution is -2.17. The number of benzene rings is 3. The van der Waals surface area contributed by atoms with Gasteiger partial charge < -0.3 is 4.74 Å². The fraction of sp³-hybridized carbons (Fsp3) is 0.0526. The van der Waals surface area contributed by atoms with Gasteiger partial charge in [0.15, 0.2) is 0 Å². The molecule has 0 fully saturated rings. The molecule has 0 atom stereocenters. The van der Waals surface area contributed by atoms with Crippen molar-refractivity contribution in [3.8, 4) is 5.75 Å². The fourth-order valence-corrected chi connectivity index (χ4v) is 2.98. The molecule has 0 unspecified atom stereocenters. The third-order valence-corrected chi connectivity index (χ3v) is 4.27. The molecule has 120 valence electrons.